The zero-order valence-electron chi connectivity index (χ0n) is 11.0. The summed E-state index contributed by atoms with van der Waals surface area (Å²) in [6, 6.07) is 0. The third kappa shape index (κ3) is 2.78. The quantitative estimate of drug-likeness (QED) is 0.882. The number of nitrogens with zero attached hydrogens (tertiary/aromatic N) is 3. The van der Waals surface area contributed by atoms with Crippen molar-refractivity contribution in [2.45, 2.75) is 26.2 Å². The Labute approximate surface area is 108 Å². The van der Waals surface area contributed by atoms with Crippen molar-refractivity contribution in [2.24, 2.45) is 5.92 Å². The summed E-state index contributed by atoms with van der Waals surface area (Å²) in [7, 11) is 1.77. The van der Waals surface area contributed by atoms with Gasteiger partial charge in [-0.05, 0) is 18.8 Å². The second-order valence-electron chi connectivity index (χ2n) is 4.73. The summed E-state index contributed by atoms with van der Waals surface area (Å²) in [5.74, 6) is 1.28. The third-order valence-corrected chi connectivity index (χ3v) is 3.38. The minimum absolute atomic E-state index is 0.00166. The average molecular weight is 248 g/mol. The van der Waals surface area contributed by atoms with Crippen LogP contribution < -0.4 is 5.32 Å². The number of aromatic nitrogens is 2. The first-order valence-corrected chi connectivity index (χ1v) is 6.53. The highest BCUT2D eigenvalue weighted by Gasteiger charge is 2.27. The molecule has 1 aromatic heterocycles. The van der Waals surface area contributed by atoms with E-state index in [9.17, 15) is 4.79 Å². The lowest BCUT2D eigenvalue weighted by atomic mass is 10.0. The molecule has 5 nitrogen and oxygen atoms in total. The molecule has 1 aliphatic rings. The number of hydrogen-bond acceptors (Lipinski definition) is 4. The van der Waals surface area contributed by atoms with Crippen LogP contribution in [-0.2, 0) is 0 Å². The Kier molecular flexibility index (Phi) is 4.12. The normalized spacial score (nSPS) is 19.0. The molecule has 1 aromatic rings. The molecule has 2 rings (SSSR count). The van der Waals surface area contributed by atoms with Gasteiger partial charge >= 0.3 is 0 Å². The van der Waals surface area contributed by atoms with E-state index in [0.717, 1.165) is 19.5 Å². The summed E-state index contributed by atoms with van der Waals surface area (Å²) in [4.78, 5) is 22.4. The van der Waals surface area contributed by atoms with Crippen LogP contribution in [0.25, 0.3) is 0 Å². The summed E-state index contributed by atoms with van der Waals surface area (Å²) in [6.45, 7) is 3.89. The van der Waals surface area contributed by atoms with Crippen LogP contribution in [0.3, 0.4) is 0 Å². The maximum absolute atomic E-state index is 12.3. The van der Waals surface area contributed by atoms with Gasteiger partial charge in [-0.1, -0.05) is 13.3 Å². The molecular weight excluding hydrogens is 228 g/mol. The minimum atomic E-state index is -0.00166. The smallest absolute Gasteiger partial charge is 0.274 e. The van der Waals surface area contributed by atoms with E-state index >= 15 is 0 Å². The number of carbonyl (C=O) groups is 1. The Bertz CT molecular complexity index is 421. The van der Waals surface area contributed by atoms with E-state index in [2.05, 4.69) is 22.2 Å². The Morgan fingerprint density at radius 3 is 3.11 bits per heavy atom. The molecule has 1 aliphatic heterocycles. The second-order valence-corrected chi connectivity index (χ2v) is 4.73. The molecule has 1 saturated heterocycles. The van der Waals surface area contributed by atoms with Gasteiger partial charge in [0.05, 0.1) is 12.4 Å². The van der Waals surface area contributed by atoms with Gasteiger partial charge in [-0.15, -0.1) is 0 Å². The number of anilines is 1. The Morgan fingerprint density at radius 2 is 2.39 bits per heavy atom. The van der Waals surface area contributed by atoms with Crippen LogP contribution in [0.4, 0.5) is 5.82 Å². The highest BCUT2D eigenvalue weighted by atomic mass is 16.2. The molecule has 0 spiro atoms. The predicted molar refractivity (Wildman–Crippen MR) is 70.5 cm³/mol. The van der Waals surface area contributed by atoms with Crippen molar-refractivity contribution in [3.63, 3.8) is 0 Å². The van der Waals surface area contributed by atoms with Crippen molar-refractivity contribution in [1.29, 1.82) is 0 Å². The first-order valence-electron chi connectivity index (χ1n) is 6.53. The number of rotatable bonds is 4. The number of nitrogens with one attached hydrogen (secondary N) is 1. The standard InChI is InChI=1S/C13H20N4O/c1-3-4-10-5-6-17(9-10)13(18)11-7-15-8-12(14-2)16-11/h7-8,10H,3-6,9H2,1-2H3,(H,14,16). The van der Waals surface area contributed by atoms with E-state index in [1.165, 1.54) is 19.0 Å². The second kappa shape index (κ2) is 5.80. The number of carbonyl (C=O) groups excluding carboxylic acids is 1. The fraction of sp³-hybridized carbons (Fsp3) is 0.615. The molecule has 2 heterocycles. The molecule has 1 N–H and O–H groups in total. The number of amides is 1. The van der Waals surface area contributed by atoms with E-state index in [4.69, 9.17) is 0 Å². The monoisotopic (exact) mass is 248 g/mol. The van der Waals surface area contributed by atoms with E-state index in [1.54, 1.807) is 13.2 Å². The Morgan fingerprint density at radius 1 is 1.56 bits per heavy atom. The molecule has 18 heavy (non-hydrogen) atoms. The molecule has 0 radical (unpaired) electrons. The van der Waals surface area contributed by atoms with Crippen molar-refractivity contribution in [2.75, 3.05) is 25.5 Å². The highest BCUT2D eigenvalue weighted by Crippen LogP contribution is 2.22. The molecule has 0 aromatic carbocycles. The molecule has 0 saturated carbocycles. The van der Waals surface area contributed by atoms with Crippen molar-refractivity contribution >= 4 is 11.7 Å². The average Bonchev–Trinajstić information content (AvgIpc) is 2.87. The van der Waals surface area contributed by atoms with E-state index in [1.807, 2.05) is 4.90 Å². The molecule has 0 bridgehead atoms. The number of likely N-dealkylation sites (tertiary alicyclic amines) is 1. The zero-order valence-corrected chi connectivity index (χ0v) is 11.0. The molecule has 5 heteroatoms. The summed E-state index contributed by atoms with van der Waals surface area (Å²) in [5.41, 5.74) is 0.430. The molecule has 0 aliphatic carbocycles. The van der Waals surface area contributed by atoms with Gasteiger partial charge in [0.15, 0.2) is 0 Å². The SMILES string of the molecule is CCCC1CCN(C(=O)c2cncc(NC)n2)C1. The lowest BCUT2D eigenvalue weighted by molar-refractivity contribution is 0.0780. The Hall–Kier alpha value is -1.65. The summed E-state index contributed by atoms with van der Waals surface area (Å²) < 4.78 is 0. The molecule has 1 amide bonds. The third-order valence-electron chi connectivity index (χ3n) is 3.38. The van der Waals surface area contributed by atoms with Crippen LogP contribution in [0, 0.1) is 5.92 Å². The zero-order chi connectivity index (χ0) is 13.0. The maximum atomic E-state index is 12.3. The molecule has 1 unspecified atom stereocenters. The topological polar surface area (TPSA) is 58.1 Å². The van der Waals surface area contributed by atoms with Gasteiger partial charge in [0.2, 0.25) is 0 Å². The lowest BCUT2D eigenvalue weighted by Gasteiger charge is -2.16. The first-order chi connectivity index (χ1) is 8.74. The molecule has 1 fully saturated rings. The largest absolute Gasteiger partial charge is 0.372 e. The fourth-order valence-corrected chi connectivity index (χ4v) is 2.41. The van der Waals surface area contributed by atoms with Crippen LogP contribution in [0.5, 0.6) is 0 Å². The Balaban J connectivity index is 2.03. The van der Waals surface area contributed by atoms with Gasteiger partial charge in [-0.25, -0.2) is 4.98 Å². The van der Waals surface area contributed by atoms with Gasteiger partial charge in [-0.2, -0.15) is 0 Å². The first kappa shape index (κ1) is 12.8. The van der Waals surface area contributed by atoms with Crippen molar-refractivity contribution in [3.05, 3.63) is 18.1 Å². The van der Waals surface area contributed by atoms with Gasteiger partial charge < -0.3 is 10.2 Å². The van der Waals surface area contributed by atoms with E-state index < -0.39 is 0 Å². The van der Waals surface area contributed by atoms with Crippen molar-refractivity contribution in [1.82, 2.24) is 14.9 Å². The van der Waals surface area contributed by atoms with Crippen LogP contribution in [0.2, 0.25) is 0 Å². The molecule has 98 valence electrons. The van der Waals surface area contributed by atoms with Gasteiger partial charge in [0.25, 0.3) is 5.91 Å². The summed E-state index contributed by atoms with van der Waals surface area (Å²) in [6.07, 6.45) is 6.64. The van der Waals surface area contributed by atoms with Crippen LogP contribution in [0.1, 0.15) is 36.7 Å². The van der Waals surface area contributed by atoms with Gasteiger partial charge in [0, 0.05) is 20.1 Å². The van der Waals surface area contributed by atoms with Crippen LogP contribution in [0.15, 0.2) is 12.4 Å². The summed E-state index contributed by atoms with van der Waals surface area (Å²) >= 11 is 0. The molecule has 1 atom stereocenters. The van der Waals surface area contributed by atoms with Crippen molar-refractivity contribution < 1.29 is 4.79 Å². The van der Waals surface area contributed by atoms with Crippen molar-refractivity contribution in [3.8, 4) is 0 Å². The summed E-state index contributed by atoms with van der Waals surface area (Å²) in [5, 5.41) is 2.90. The van der Waals surface area contributed by atoms with Crippen LogP contribution in [-0.4, -0.2) is 40.9 Å². The maximum Gasteiger partial charge on any atom is 0.274 e. The number of hydrogen-bond donors (Lipinski definition) is 1. The van der Waals surface area contributed by atoms with Crippen LogP contribution >= 0.6 is 0 Å². The van der Waals surface area contributed by atoms with Gasteiger partial charge in [0.1, 0.15) is 11.5 Å². The molecular formula is C13H20N4O. The minimum Gasteiger partial charge on any atom is -0.372 e. The highest BCUT2D eigenvalue weighted by molar-refractivity contribution is 5.92. The fourth-order valence-electron chi connectivity index (χ4n) is 2.41. The van der Waals surface area contributed by atoms with Gasteiger partial charge in [-0.3, -0.25) is 9.78 Å². The van der Waals surface area contributed by atoms with E-state index in [0.29, 0.717) is 17.4 Å². The van der Waals surface area contributed by atoms with E-state index in [-0.39, 0.29) is 5.91 Å². The lowest BCUT2D eigenvalue weighted by Crippen LogP contribution is -2.29. The predicted octanol–water partition coefficient (Wildman–Crippen LogP) is 1.78.